The van der Waals surface area contributed by atoms with Crippen molar-refractivity contribution in [3.8, 4) is 11.5 Å². The summed E-state index contributed by atoms with van der Waals surface area (Å²) in [6.45, 7) is 0.107. The average Bonchev–Trinajstić information content (AvgIpc) is 3.31. The number of nitro benzene ring substituents is 2. The van der Waals surface area contributed by atoms with E-state index in [4.69, 9.17) is 9.47 Å². The van der Waals surface area contributed by atoms with Gasteiger partial charge in [0.05, 0.1) is 31.6 Å². The minimum Gasteiger partial charge on any atom is -0.493 e. The van der Waals surface area contributed by atoms with Gasteiger partial charge in [-0.1, -0.05) is 12.1 Å². The number of methoxy groups -OCH3 is 1. The molecule has 0 fully saturated rings. The molecule has 13 heteroatoms. The number of carbonyl (C=O) groups is 1. The highest BCUT2D eigenvalue weighted by Gasteiger charge is 2.15. The van der Waals surface area contributed by atoms with Crippen molar-refractivity contribution in [2.45, 2.75) is 6.61 Å². The number of non-ortho nitro benzene ring substituents is 2. The number of nitrogens with zero attached hydrogens (tertiary/aromatic N) is 3. The maximum atomic E-state index is 12.5. The Morgan fingerprint density at radius 2 is 1.84 bits per heavy atom. The number of carbonyl (C=O) groups excluding carboxylic acids is 1. The Kier molecular flexibility index (Phi) is 7.93. The highest BCUT2D eigenvalue weighted by atomic mass is 127. The summed E-state index contributed by atoms with van der Waals surface area (Å²) in [7, 11) is 1.49. The van der Waals surface area contributed by atoms with Crippen molar-refractivity contribution in [2.24, 2.45) is 5.10 Å². The standard InChI is InChI=1S/C24H17IN4O7S/c1-35-20-9-15(8-19(25)23(20)36-13-14-3-2-4-17(7-14)28(31)32)12-26-27-24(30)22-11-16-10-18(29(33)34)5-6-21(16)37-22/h2-12H,13H2,1H3,(H,27,30)/b26-12-. The SMILES string of the molecule is COc1cc(/C=N\NC(=O)c2cc3cc([N+](=O)[O-])ccc3s2)cc(I)c1OCc1cccc([N+](=O)[O-])c1. The van der Waals surface area contributed by atoms with Gasteiger partial charge in [-0.2, -0.15) is 5.10 Å². The van der Waals surface area contributed by atoms with Crippen LogP contribution in [0.25, 0.3) is 10.1 Å². The third-order valence-electron chi connectivity index (χ3n) is 5.07. The zero-order chi connectivity index (χ0) is 26.5. The number of hydrogen-bond acceptors (Lipinski definition) is 9. The first-order valence-electron chi connectivity index (χ1n) is 10.5. The molecule has 0 aliphatic carbocycles. The van der Waals surface area contributed by atoms with E-state index in [2.05, 4.69) is 33.1 Å². The van der Waals surface area contributed by atoms with E-state index in [1.807, 2.05) is 0 Å². The smallest absolute Gasteiger partial charge is 0.281 e. The van der Waals surface area contributed by atoms with Crippen molar-refractivity contribution >= 4 is 67.5 Å². The lowest BCUT2D eigenvalue weighted by Crippen LogP contribution is -2.16. The topological polar surface area (TPSA) is 146 Å². The number of fused-ring (bicyclic) bond motifs is 1. The van der Waals surface area contributed by atoms with Gasteiger partial charge in [-0.3, -0.25) is 25.0 Å². The fraction of sp³-hybridized carbons (Fsp3) is 0.0833. The molecule has 0 atom stereocenters. The number of benzene rings is 3. The van der Waals surface area contributed by atoms with Crippen molar-refractivity contribution in [1.82, 2.24) is 5.43 Å². The summed E-state index contributed by atoms with van der Waals surface area (Å²) in [4.78, 5) is 33.9. The monoisotopic (exact) mass is 632 g/mol. The van der Waals surface area contributed by atoms with E-state index in [-0.39, 0.29) is 18.0 Å². The van der Waals surface area contributed by atoms with Crippen LogP contribution in [-0.2, 0) is 6.61 Å². The number of hydrogen-bond donors (Lipinski definition) is 1. The molecule has 37 heavy (non-hydrogen) atoms. The summed E-state index contributed by atoms with van der Waals surface area (Å²) in [5, 5.41) is 26.6. The van der Waals surface area contributed by atoms with Gasteiger partial charge in [0.2, 0.25) is 0 Å². The van der Waals surface area contributed by atoms with Crippen molar-refractivity contribution in [3.63, 3.8) is 0 Å². The minimum absolute atomic E-state index is 0.0201. The molecule has 0 radical (unpaired) electrons. The Labute approximate surface area is 227 Å². The normalized spacial score (nSPS) is 11.0. The molecule has 0 bridgehead atoms. The molecule has 1 aromatic heterocycles. The Hall–Kier alpha value is -4.11. The summed E-state index contributed by atoms with van der Waals surface area (Å²) in [6.07, 6.45) is 1.45. The van der Waals surface area contributed by atoms with Crippen LogP contribution in [0.3, 0.4) is 0 Å². The van der Waals surface area contributed by atoms with Crippen LogP contribution in [0.2, 0.25) is 0 Å². The van der Waals surface area contributed by atoms with Crippen LogP contribution in [0.4, 0.5) is 11.4 Å². The highest BCUT2D eigenvalue weighted by molar-refractivity contribution is 14.1. The number of nitro groups is 2. The van der Waals surface area contributed by atoms with Crippen LogP contribution >= 0.6 is 33.9 Å². The molecule has 0 aliphatic rings. The Morgan fingerprint density at radius 3 is 2.57 bits per heavy atom. The van der Waals surface area contributed by atoms with E-state index in [0.717, 1.165) is 4.70 Å². The largest absolute Gasteiger partial charge is 0.493 e. The summed E-state index contributed by atoms with van der Waals surface area (Å²) < 4.78 is 12.8. The second-order valence-corrected chi connectivity index (χ2v) is 9.78. The first-order chi connectivity index (χ1) is 17.7. The van der Waals surface area contributed by atoms with E-state index >= 15 is 0 Å². The summed E-state index contributed by atoms with van der Waals surface area (Å²) in [5.41, 5.74) is 3.66. The first kappa shape index (κ1) is 26.0. The molecule has 1 N–H and O–H groups in total. The van der Waals surface area contributed by atoms with Crippen molar-refractivity contribution < 1.29 is 24.1 Å². The zero-order valence-electron chi connectivity index (χ0n) is 19.0. The molecule has 4 aromatic rings. The van der Waals surface area contributed by atoms with Gasteiger partial charge in [-0.25, -0.2) is 5.43 Å². The molecule has 4 rings (SSSR count). The van der Waals surface area contributed by atoms with Crippen molar-refractivity contribution in [1.29, 1.82) is 0 Å². The lowest BCUT2D eigenvalue weighted by Gasteiger charge is -2.13. The molecule has 0 saturated carbocycles. The Morgan fingerprint density at radius 1 is 1.08 bits per heavy atom. The molecule has 0 saturated heterocycles. The van der Waals surface area contributed by atoms with Gasteiger partial charge < -0.3 is 9.47 Å². The van der Waals surface area contributed by atoms with Crippen molar-refractivity contribution in [3.05, 3.63) is 100 Å². The van der Waals surface area contributed by atoms with Crippen LogP contribution in [0.1, 0.15) is 20.8 Å². The summed E-state index contributed by atoms with van der Waals surface area (Å²) in [6, 6.07) is 15.6. The number of amides is 1. The molecular weight excluding hydrogens is 615 g/mol. The van der Waals surface area contributed by atoms with Gasteiger partial charge in [0.15, 0.2) is 11.5 Å². The van der Waals surface area contributed by atoms with Gasteiger partial charge in [0, 0.05) is 34.4 Å². The predicted molar refractivity (Wildman–Crippen MR) is 147 cm³/mol. The van der Waals surface area contributed by atoms with Gasteiger partial charge in [-0.05, 0) is 58.0 Å². The van der Waals surface area contributed by atoms with Gasteiger partial charge in [0.25, 0.3) is 17.3 Å². The molecule has 0 aliphatic heterocycles. The molecule has 0 spiro atoms. The van der Waals surface area contributed by atoms with E-state index < -0.39 is 15.8 Å². The lowest BCUT2D eigenvalue weighted by molar-refractivity contribution is -0.385. The van der Waals surface area contributed by atoms with Crippen LogP contribution in [-0.4, -0.2) is 29.1 Å². The average molecular weight is 632 g/mol. The second-order valence-electron chi connectivity index (χ2n) is 7.54. The number of rotatable bonds is 9. The van der Waals surface area contributed by atoms with Crippen LogP contribution in [0, 0.1) is 23.8 Å². The number of halogens is 1. The quantitative estimate of drug-likeness (QED) is 0.108. The summed E-state index contributed by atoms with van der Waals surface area (Å²) in [5.74, 6) is 0.449. The van der Waals surface area contributed by atoms with Gasteiger partial charge in [-0.15, -0.1) is 11.3 Å². The van der Waals surface area contributed by atoms with Crippen LogP contribution < -0.4 is 14.9 Å². The summed E-state index contributed by atoms with van der Waals surface area (Å²) >= 11 is 3.28. The third kappa shape index (κ3) is 6.18. The first-order valence-corrected chi connectivity index (χ1v) is 12.4. The molecule has 11 nitrogen and oxygen atoms in total. The molecule has 1 amide bonds. The fourth-order valence-corrected chi connectivity index (χ4v) is 5.06. The predicted octanol–water partition coefficient (Wildman–Crippen LogP) is 5.67. The number of thiophene rings is 1. The van der Waals surface area contributed by atoms with Crippen molar-refractivity contribution in [2.75, 3.05) is 7.11 Å². The van der Waals surface area contributed by atoms with E-state index in [0.29, 0.717) is 36.5 Å². The fourth-order valence-electron chi connectivity index (χ4n) is 3.35. The van der Waals surface area contributed by atoms with E-state index in [1.54, 1.807) is 36.4 Å². The third-order valence-corrected chi connectivity index (χ3v) is 6.99. The Balaban J connectivity index is 1.44. The maximum absolute atomic E-state index is 12.5. The highest BCUT2D eigenvalue weighted by Crippen LogP contribution is 2.34. The second kappa shape index (κ2) is 11.3. The maximum Gasteiger partial charge on any atom is 0.281 e. The number of hydrazone groups is 1. The molecule has 3 aromatic carbocycles. The van der Waals surface area contributed by atoms with Crippen LogP contribution in [0.5, 0.6) is 11.5 Å². The van der Waals surface area contributed by atoms with Crippen LogP contribution in [0.15, 0.2) is 65.8 Å². The number of ether oxygens (including phenoxy) is 2. The zero-order valence-corrected chi connectivity index (χ0v) is 22.0. The number of nitrogens with one attached hydrogen (secondary N) is 1. The minimum atomic E-state index is -0.485. The lowest BCUT2D eigenvalue weighted by atomic mass is 10.2. The molecule has 1 heterocycles. The Bertz CT molecular complexity index is 1550. The van der Waals surface area contributed by atoms with E-state index in [9.17, 15) is 25.0 Å². The van der Waals surface area contributed by atoms with Gasteiger partial charge in [0.1, 0.15) is 6.61 Å². The molecular formula is C24H17IN4O7S. The van der Waals surface area contributed by atoms with Gasteiger partial charge >= 0.3 is 0 Å². The molecule has 0 unspecified atom stereocenters. The molecule has 188 valence electrons. The van der Waals surface area contributed by atoms with E-state index in [1.165, 1.54) is 48.9 Å².